The minimum Gasteiger partial charge on any atom is -0.351 e. The summed E-state index contributed by atoms with van der Waals surface area (Å²) in [6, 6.07) is 7.11. The Morgan fingerprint density at radius 1 is 1.29 bits per heavy atom. The average Bonchev–Trinajstić information content (AvgIpc) is 3.22. The zero-order valence-electron chi connectivity index (χ0n) is 13.9. The summed E-state index contributed by atoms with van der Waals surface area (Å²) < 4.78 is 1.58. The summed E-state index contributed by atoms with van der Waals surface area (Å²) in [4.78, 5) is 26.6. The second kappa shape index (κ2) is 7.75. The predicted molar refractivity (Wildman–Crippen MR) is 98.2 cm³/mol. The largest absolute Gasteiger partial charge is 0.351 e. The third-order valence-electron chi connectivity index (χ3n) is 4.39. The van der Waals surface area contributed by atoms with Gasteiger partial charge >= 0.3 is 5.69 Å². The Labute approximate surface area is 145 Å². The van der Waals surface area contributed by atoms with Crippen molar-refractivity contribution < 1.29 is 4.79 Å². The highest BCUT2D eigenvalue weighted by molar-refractivity contribution is 7.99. The molecule has 1 aliphatic carbocycles. The maximum atomic E-state index is 12.2. The molecule has 2 aromatic rings. The van der Waals surface area contributed by atoms with E-state index in [1.807, 2.05) is 18.7 Å². The topological polar surface area (TPSA) is 66.9 Å². The van der Waals surface area contributed by atoms with Gasteiger partial charge in [-0.15, -0.1) is 0 Å². The summed E-state index contributed by atoms with van der Waals surface area (Å²) in [6.45, 7) is 2.55. The maximum absolute atomic E-state index is 12.2. The van der Waals surface area contributed by atoms with E-state index < -0.39 is 0 Å². The lowest BCUT2D eigenvalue weighted by atomic mass is 10.2. The van der Waals surface area contributed by atoms with Gasteiger partial charge in [-0.25, -0.2) is 4.79 Å². The highest BCUT2D eigenvalue weighted by atomic mass is 32.2. The second-order valence-corrected chi connectivity index (χ2v) is 7.56. The van der Waals surface area contributed by atoms with Gasteiger partial charge in [0.2, 0.25) is 0 Å². The van der Waals surface area contributed by atoms with Crippen LogP contribution in [0.3, 0.4) is 0 Å². The number of aromatic amines is 1. The molecule has 0 unspecified atom stereocenters. The summed E-state index contributed by atoms with van der Waals surface area (Å²) >= 11 is 1.97. The van der Waals surface area contributed by atoms with Crippen molar-refractivity contribution in [1.29, 1.82) is 0 Å². The molecule has 0 spiro atoms. The lowest BCUT2D eigenvalue weighted by molar-refractivity contribution is 0.0956. The third-order valence-corrected chi connectivity index (χ3v) is 5.77. The third kappa shape index (κ3) is 3.93. The first-order valence-electron chi connectivity index (χ1n) is 8.42. The van der Waals surface area contributed by atoms with E-state index in [0.29, 0.717) is 12.1 Å². The Bertz CT molecular complexity index is 742. The maximum Gasteiger partial charge on any atom is 0.330 e. The summed E-state index contributed by atoms with van der Waals surface area (Å²) in [5, 5.41) is 3.75. The number of H-pyrrole nitrogens is 1. The van der Waals surface area contributed by atoms with Crippen molar-refractivity contribution in [2.45, 2.75) is 37.9 Å². The van der Waals surface area contributed by atoms with E-state index in [1.165, 1.54) is 25.7 Å². The van der Waals surface area contributed by atoms with Gasteiger partial charge in [0.1, 0.15) is 0 Å². The van der Waals surface area contributed by atoms with Gasteiger partial charge in [0.15, 0.2) is 0 Å². The number of nitrogens with one attached hydrogen (secondary N) is 2. The summed E-state index contributed by atoms with van der Waals surface area (Å²) in [7, 11) is 0. The highest BCUT2D eigenvalue weighted by Gasteiger charge is 2.15. The Hall–Kier alpha value is -1.95. The number of thioether (sulfide) groups is 1. The smallest absolute Gasteiger partial charge is 0.330 e. The fourth-order valence-electron chi connectivity index (χ4n) is 3.09. The van der Waals surface area contributed by atoms with Crippen molar-refractivity contribution in [1.82, 2.24) is 14.9 Å². The van der Waals surface area contributed by atoms with Crippen LogP contribution in [0.2, 0.25) is 0 Å². The van der Waals surface area contributed by atoms with E-state index in [9.17, 15) is 9.59 Å². The van der Waals surface area contributed by atoms with Gasteiger partial charge in [-0.2, -0.15) is 11.8 Å². The normalized spacial score (nSPS) is 14.9. The van der Waals surface area contributed by atoms with E-state index >= 15 is 0 Å². The Kier molecular flexibility index (Phi) is 5.45. The minimum atomic E-state index is -0.173. The van der Waals surface area contributed by atoms with E-state index in [4.69, 9.17) is 0 Å². The number of nitrogens with zero attached hydrogens (tertiary/aromatic N) is 1. The summed E-state index contributed by atoms with van der Waals surface area (Å²) in [6.07, 6.45) is 7.00. The Morgan fingerprint density at radius 2 is 2.00 bits per heavy atom. The lowest BCUT2D eigenvalue weighted by Crippen LogP contribution is -2.26. The van der Waals surface area contributed by atoms with Crippen molar-refractivity contribution in [2.75, 3.05) is 12.3 Å². The molecule has 1 aromatic carbocycles. The Balaban J connectivity index is 1.53. The molecule has 2 N–H and O–H groups in total. The van der Waals surface area contributed by atoms with Crippen LogP contribution in [-0.4, -0.2) is 33.0 Å². The molecular formula is C18H23N3O2S. The van der Waals surface area contributed by atoms with Gasteiger partial charge in [-0.1, -0.05) is 12.8 Å². The standard InChI is InChI=1S/C18H23N3O2S/c1-13-12-20-18(23)21(13)15-8-6-14(7-9-15)17(22)19-10-11-24-16-4-2-3-5-16/h6-9,12,16H,2-5,10-11H2,1H3,(H,19,22)(H,20,23). The number of carbonyl (C=O) groups is 1. The van der Waals surface area contributed by atoms with Gasteiger partial charge in [0.25, 0.3) is 5.91 Å². The molecule has 3 rings (SSSR count). The van der Waals surface area contributed by atoms with Crippen molar-refractivity contribution in [3.63, 3.8) is 0 Å². The zero-order valence-corrected chi connectivity index (χ0v) is 14.7. The molecule has 0 bridgehead atoms. The summed E-state index contributed by atoms with van der Waals surface area (Å²) in [5.41, 5.74) is 2.03. The first-order valence-corrected chi connectivity index (χ1v) is 9.47. The molecule has 0 atom stereocenters. The van der Waals surface area contributed by atoms with Crippen LogP contribution < -0.4 is 11.0 Å². The van der Waals surface area contributed by atoms with Crippen molar-refractivity contribution >= 4 is 17.7 Å². The highest BCUT2D eigenvalue weighted by Crippen LogP contribution is 2.28. The van der Waals surface area contributed by atoms with Crippen LogP contribution in [0.15, 0.2) is 35.3 Å². The number of rotatable bonds is 6. The van der Waals surface area contributed by atoms with Crippen LogP contribution in [0, 0.1) is 6.92 Å². The SMILES string of the molecule is Cc1c[nH]c(=O)n1-c1ccc(C(=O)NCCSC2CCCC2)cc1. The van der Waals surface area contributed by atoms with Crippen molar-refractivity contribution in [2.24, 2.45) is 0 Å². The van der Waals surface area contributed by atoms with Crippen LogP contribution in [0.5, 0.6) is 0 Å². The molecule has 0 saturated heterocycles. The first-order chi connectivity index (χ1) is 11.6. The monoisotopic (exact) mass is 345 g/mol. The number of hydrogen-bond acceptors (Lipinski definition) is 3. The van der Waals surface area contributed by atoms with Crippen molar-refractivity contribution in [3.05, 3.63) is 52.2 Å². The molecule has 128 valence electrons. The molecule has 1 heterocycles. The van der Waals surface area contributed by atoms with Crippen LogP contribution >= 0.6 is 11.8 Å². The van der Waals surface area contributed by atoms with E-state index in [-0.39, 0.29) is 11.6 Å². The number of amides is 1. The molecule has 0 radical (unpaired) electrons. The van der Waals surface area contributed by atoms with Gasteiger partial charge in [0.05, 0.1) is 5.69 Å². The molecule has 6 heteroatoms. The lowest BCUT2D eigenvalue weighted by Gasteiger charge is -2.10. The van der Waals surface area contributed by atoms with E-state index in [0.717, 1.165) is 22.4 Å². The van der Waals surface area contributed by atoms with Gasteiger partial charge in [-0.05, 0) is 44.0 Å². The molecular weight excluding hydrogens is 322 g/mol. The number of carbonyl (C=O) groups excluding carboxylic acids is 1. The fraction of sp³-hybridized carbons (Fsp3) is 0.444. The second-order valence-electron chi connectivity index (χ2n) is 6.15. The molecule has 1 amide bonds. The minimum absolute atomic E-state index is 0.0632. The quantitative estimate of drug-likeness (QED) is 0.791. The van der Waals surface area contributed by atoms with Crippen LogP contribution in [0.25, 0.3) is 5.69 Å². The van der Waals surface area contributed by atoms with Gasteiger partial charge in [0, 0.05) is 35.0 Å². The first kappa shape index (κ1) is 16.9. The number of imidazole rings is 1. The molecule has 0 aliphatic heterocycles. The van der Waals surface area contributed by atoms with E-state index in [2.05, 4.69) is 10.3 Å². The molecule has 1 aromatic heterocycles. The van der Waals surface area contributed by atoms with Gasteiger partial charge in [-0.3, -0.25) is 9.36 Å². The molecule has 1 aliphatic rings. The predicted octanol–water partition coefficient (Wildman–Crippen LogP) is 2.88. The van der Waals surface area contributed by atoms with E-state index in [1.54, 1.807) is 35.0 Å². The summed E-state index contributed by atoms with van der Waals surface area (Å²) in [5.74, 6) is 0.901. The van der Waals surface area contributed by atoms with Crippen LogP contribution in [0.4, 0.5) is 0 Å². The van der Waals surface area contributed by atoms with Crippen LogP contribution in [-0.2, 0) is 0 Å². The number of hydrogen-bond donors (Lipinski definition) is 2. The molecule has 5 nitrogen and oxygen atoms in total. The zero-order chi connectivity index (χ0) is 16.9. The van der Waals surface area contributed by atoms with Crippen LogP contribution in [0.1, 0.15) is 41.7 Å². The molecule has 1 saturated carbocycles. The Morgan fingerprint density at radius 3 is 2.62 bits per heavy atom. The number of aromatic nitrogens is 2. The number of benzene rings is 1. The van der Waals surface area contributed by atoms with Gasteiger partial charge < -0.3 is 10.3 Å². The fourth-order valence-corrected chi connectivity index (χ4v) is 4.31. The number of aryl methyl sites for hydroxylation is 1. The molecule has 1 fully saturated rings. The molecule has 24 heavy (non-hydrogen) atoms. The van der Waals surface area contributed by atoms with Crippen molar-refractivity contribution in [3.8, 4) is 5.69 Å². The average molecular weight is 345 g/mol.